The van der Waals surface area contributed by atoms with Gasteiger partial charge < -0.3 is 9.88 Å². The maximum atomic E-state index is 4.05. The summed E-state index contributed by atoms with van der Waals surface area (Å²) < 4.78 is 1.98. The van der Waals surface area contributed by atoms with Crippen molar-refractivity contribution in [2.24, 2.45) is 0 Å². The standard InChI is InChI=1S/C15H15N5/c1-12(19-14-8-17-10-18-9-14)13-2-4-15(5-3-13)20-7-6-16-11-20/h2-12,19H,1H3. The lowest BCUT2D eigenvalue weighted by molar-refractivity contribution is 0.878. The number of hydrogen-bond acceptors (Lipinski definition) is 4. The second-order valence-corrected chi connectivity index (χ2v) is 4.55. The molecule has 3 aromatic rings. The van der Waals surface area contributed by atoms with Crippen LogP contribution in [0.5, 0.6) is 0 Å². The van der Waals surface area contributed by atoms with Crippen LogP contribution in [-0.2, 0) is 0 Å². The summed E-state index contributed by atoms with van der Waals surface area (Å²) in [4.78, 5) is 12.0. The van der Waals surface area contributed by atoms with Crippen LogP contribution in [0, 0.1) is 0 Å². The summed E-state index contributed by atoms with van der Waals surface area (Å²) in [6.07, 6.45) is 10.5. The number of aromatic nitrogens is 4. The van der Waals surface area contributed by atoms with Crippen LogP contribution in [0.4, 0.5) is 5.69 Å². The fraction of sp³-hybridized carbons (Fsp3) is 0.133. The number of rotatable bonds is 4. The predicted octanol–water partition coefficient (Wildman–Crippen LogP) is 2.84. The van der Waals surface area contributed by atoms with Crippen LogP contribution in [0.1, 0.15) is 18.5 Å². The van der Waals surface area contributed by atoms with E-state index in [4.69, 9.17) is 0 Å². The molecule has 0 saturated carbocycles. The van der Waals surface area contributed by atoms with Crippen molar-refractivity contribution in [2.75, 3.05) is 5.32 Å². The van der Waals surface area contributed by atoms with Crippen LogP contribution in [0.2, 0.25) is 0 Å². The molecule has 100 valence electrons. The molecule has 1 unspecified atom stereocenters. The van der Waals surface area contributed by atoms with Gasteiger partial charge in [-0.15, -0.1) is 0 Å². The van der Waals surface area contributed by atoms with Crippen molar-refractivity contribution in [2.45, 2.75) is 13.0 Å². The molecule has 1 atom stereocenters. The highest BCUT2D eigenvalue weighted by Crippen LogP contribution is 2.19. The fourth-order valence-electron chi connectivity index (χ4n) is 2.05. The smallest absolute Gasteiger partial charge is 0.115 e. The molecule has 5 nitrogen and oxygen atoms in total. The van der Waals surface area contributed by atoms with Crippen molar-refractivity contribution in [1.82, 2.24) is 19.5 Å². The number of nitrogens with one attached hydrogen (secondary N) is 1. The molecular weight excluding hydrogens is 250 g/mol. The molecule has 3 rings (SSSR count). The Balaban J connectivity index is 1.74. The van der Waals surface area contributed by atoms with Gasteiger partial charge in [0.2, 0.25) is 0 Å². The average Bonchev–Trinajstić information content (AvgIpc) is 3.03. The first-order valence-electron chi connectivity index (χ1n) is 6.43. The second-order valence-electron chi connectivity index (χ2n) is 4.55. The third kappa shape index (κ3) is 2.66. The lowest BCUT2D eigenvalue weighted by Crippen LogP contribution is -2.07. The van der Waals surface area contributed by atoms with E-state index in [0.29, 0.717) is 0 Å². The summed E-state index contributed by atoms with van der Waals surface area (Å²) in [5.74, 6) is 0. The van der Waals surface area contributed by atoms with E-state index >= 15 is 0 Å². The van der Waals surface area contributed by atoms with Gasteiger partial charge in [-0.05, 0) is 24.6 Å². The zero-order valence-corrected chi connectivity index (χ0v) is 11.1. The lowest BCUT2D eigenvalue weighted by Gasteiger charge is -2.15. The quantitative estimate of drug-likeness (QED) is 0.788. The first-order chi connectivity index (χ1) is 9.83. The Morgan fingerprint density at radius 2 is 1.80 bits per heavy atom. The maximum absolute atomic E-state index is 4.05. The summed E-state index contributed by atoms with van der Waals surface area (Å²) in [6.45, 7) is 2.11. The topological polar surface area (TPSA) is 55.6 Å². The average molecular weight is 265 g/mol. The molecule has 0 aliphatic carbocycles. The van der Waals surface area contributed by atoms with Crippen LogP contribution in [-0.4, -0.2) is 19.5 Å². The van der Waals surface area contributed by atoms with E-state index in [1.54, 1.807) is 24.9 Å². The molecule has 0 aliphatic rings. The van der Waals surface area contributed by atoms with E-state index in [2.05, 4.69) is 51.5 Å². The molecule has 5 heteroatoms. The van der Waals surface area contributed by atoms with Gasteiger partial charge in [0.15, 0.2) is 0 Å². The summed E-state index contributed by atoms with van der Waals surface area (Å²) in [5, 5.41) is 3.37. The molecular formula is C15H15N5. The van der Waals surface area contributed by atoms with Gasteiger partial charge in [0.05, 0.1) is 24.4 Å². The maximum Gasteiger partial charge on any atom is 0.115 e. The van der Waals surface area contributed by atoms with E-state index < -0.39 is 0 Å². The Hall–Kier alpha value is -2.69. The molecule has 2 aromatic heterocycles. The van der Waals surface area contributed by atoms with Crippen LogP contribution in [0.3, 0.4) is 0 Å². The monoisotopic (exact) mass is 265 g/mol. The second kappa shape index (κ2) is 5.52. The molecule has 0 aliphatic heterocycles. The number of benzene rings is 1. The number of nitrogens with zero attached hydrogens (tertiary/aromatic N) is 4. The molecule has 0 amide bonds. The number of anilines is 1. The van der Waals surface area contributed by atoms with Crippen LogP contribution in [0.25, 0.3) is 5.69 Å². The molecule has 1 N–H and O–H groups in total. The Kier molecular flexibility index (Phi) is 3.41. The molecule has 0 spiro atoms. The predicted molar refractivity (Wildman–Crippen MR) is 77.6 cm³/mol. The zero-order chi connectivity index (χ0) is 13.8. The van der Waals surface area contributed by atoms with E-state index in [9.17, 15) is 0 Å². The van der Waals surface area contributed by atoms with E-state index in [1.807, 2.05) is 10.8 Å². The third-order valence-corrected chi connectivity index (χ3v) is 3.14. The van der Waals surface area contributed by atoms with Crippen molar-refractivity contribution in [3.05, 3.63) is 67.3 Å². The molecule has 0 bridgehead atoms. The van der Waals surface area contributed by atoms with Gasteiger partial charge in [0.25, 0.3) is 0 Å². The highest BCUT2D eigenvalue weighted by Gasteiger charge is 2.05. The van der Waals surface area contributed by atoms with Crippen LogP contribution >= 0.6 is 0 Å². The SMILES string of the molecule is CC(Nc1cncnc1)c1ccc(-n2ccnc2)cc1. The molecule has 0 saturated heterocycles. The number of hydrogen-bond donors (Lipinski definition) is 1. The Bertz CT molecular complexity index is 647. The lowest BCUT2D eigenvalue weighted by atomic mass is 10.1. The molecule has 0 radical (unpaired) electrons. The Labute approximate surface area is 117 Å². The fourth-order valence-corrected chi connectivity index (χ4v) is 2.05. The normalized spacial score (nSPS) is 12.1. The first-order valence-corrected chi connectivity index (χ1v) is 6.43. The summed E-state index contributed by atoms with van der Waals surface area (Å²) in [5.41, 5.74) is 3.22. The van der Waals surface area contributed by atoms with Crippen molar-refractivity contribution >= 4 is 5.69 Å². The van der Waals surface area contributed by atoms with Crippen LogP contribution in [0.15, 0.2) is 61.7 Å². The molecule has 0 fully saturated rings. The minimum absolute atomic E-state index is 0.192. The third-order valence-electron chi connectivity index (χ3n) is 3.14. The van der Waals surface area contributed by atoms with Crippen molar-refractivity contribution in [3.8, 4) is 5.69 Å². The van der Waals surface area contributed by atoms with E-state index in [0.717, 1.165) is 11.4 Å². The van der Waals surface area contributed by atoms with Crippen molar-refractivity contribution < 1.29 is 0 Å². The van der Waals surface area contributed by atoms with E-state index in [1.165, 1.54) is 11.9 Å². The summed E-state index contributed by atoms with van der Waals surface area (Å²) in [7, 11) is 0. The molecule has 1 aromatic carbocycles. The van der Waals surface area contributed by atoms with Crippen molar-refractivity contribution in [3.63, 3.8) is 0 Å². The van der Waals surface area contributed by atoms with Crippen molar-refractivity contribution in [1.29, 1.82) is 0 Å². The first kappa shape index (κ1) is 12.3. The van der Waals surface area contributed by atoms with Crippen LogP contribution < -0.4 is 5.32 Å². The Morgan fingerprint density at radius 1 is 1.05 bits per heavy atom. The summed E-state index contributed by atoms with van der Waals surface area (Å²) in [6, 6.07) is 8.57. The van der Waals surface area contributed by atoms with Gasteiger partial charge in [0.1, 0.15) is 6.33 Å². The van der Waals surface area contributed by atoms with Gasteiger partial charge >= 0.3 is 0 Å². The Morgan fingerprint density at radius 3 is 2.45 bits per heavy atom. The van der Waals surface area contributed by atoms with Gasteiger partial charge in [0, 0.05) is 24.1 Å². The van der Waals surface area contributed by atoms with Gasteiger partial charge in [-0.3, -0.25) is 0 Å². The molecule has 20 heavy (non-hydrogen) atoms. The molecule has 2 heterocycles. The van der Waals surface area contributed by atoms with E-state index in [-0.39, 0.29) is 6.04 Å². The van der Waals surface area contributed by atoms with Gasteiger partial charge in [-0.2, -0.15) is 0 Å². The highest BCUT2D eigenvalue weighted by molar-refractivity contribution is 5.42. The minimum Gasteiger partial charge on any atom is -0.376 e. The summed E-state index contributed by atoms with van der Waals surface area (Å²) >= 11 is 0. The zero-order valence-electron chi connectivity index (χ0n) is 11.1. The largest absolute Gasteiger partial charge is 0.376 e. The van der Waals surface area contributed by atoms with Gasteiger partial charge in [-0.1, -0.05) is 12.1 Å². The van der Waals surface area contributed by atoms with Gasteiger partial charge in [-0.25, -0.2) is 15.0 Å². The highest BCUT2D eigenvalue weighted by atomic mass is 15.0. The number of imidazole rings is 1. The minimum atomic E-state index is 0.192.